The fraction of sp³-hybridized carbons (Fsp3) is 0.533. The molecule has 0 fully saturated rings. The maximum absolute atomic E-state index is 11.0. The van der Waals surface area contributed by atoms with Crippen LogP contribution in [0.1, 0.15) is 33.3 Å². The summed E-state index contributed by atoms with van der Waals surface area (Å²) in [5, 5.41) is 9.02. The number of hydrogen-bond acceptors (Lipinski definition) is 3. The van der Waals surface area contributed by atoms with E-state index in [9.17, 15) is 4.79 Å². The van der Waals surface area contributed by atoms with E-state index in [2.05, 4.69) is 0 Å². The van der Waals surface area contributed by atoms with Gasteiger partial charge in [0.2, 0.25) is 0 Å². The van der Waals surface area contributed by atoms with Crippen LogP contribution < -0.4 is 4.74 Å². The molecule has 19 heavy (non-hydrogen) atoms. The molecule has 0 radical (unpaired) electrons. The second kappa shape index (κ2) is 6.57. The van der Waals surface area contributed by atoms with Gasteiger partial charge in [0.15, 0.2) is 6.10 Å². The van der Waals surface area contributed by atoms with E-state index in [0.29, 0.717) is 13.0 Å². The zero-order valence-corrected chi connectivity index (χ0v) is 12.0. The molecule has 0 amide bonds. The Kier molecular flexibility index (Phi) is 5.36. The highest BCUT2D eigenvalue weighted by atomic mass is 16.5. The van der Waals surface area contributed by atoms with Gasteiger partial charge in [-0.1, -0.05) is 12.1 Å². The Hall–Kier alpha value is -1.55. The molecule has 0 bridgehead atoms. The van der Waals surface area contributed by atoms with Crippen LogP contribution in [0.3, 0.4) is 0 Å². The molecule has 4 nitrogen and oxygen atoms in total. The number of carbonyl (C=O) groups is 1. The standard InChI is InChI=1S/C15H22O4/c1-5-18-13(14(16)17)10-11-6-8-12(9-7-11)19-15(2,3)4/h6-9,13H,5,10H2,1-4H3,(H,16,17)/t13-/m0/s1. The van der Waals surface area contributed by atoms with E-state index in [0.717, 1.165) is 11.3 Å². The van der Waals surface area contributed by atoms with Gasteiger partial charge in [-0.25, -0.2) is 4.79 Å². The summed E-state index contributed by atoms with van der Waals surface area (Å²) in [5.41, 5.74) is 0.679. The van der Waals surface area contributed by atoms with Crippen molar-refractivity contribution in [3.8, 4) is 5.75 Å². The van der Waals surface area contributed by atoms with Gasteiger partial charge in [-0.05, 0) is 45.4 Å². The Morgan fingerprint density at radius 2 is 1.84 bits per heavy atom. The van der Waals surface area contributed by atoms with E-state index >= 15 is 0 Å². The predicted octanol–water partition coefficient (Wildman–Crippen LogP) is 2.90. The van der Waals surface area contributed by atoms with Gasteiger partial charge in [0.25, 0.3) is 0 Å². The van der Waals surface area contributed by atoms with Crippen molar-refractivity contribution >= 4 is 5.97 Å². The Morgan fingerprint density at radius 3 is 2.26 bits per heavy atom. The SMILES string of the molecule is CCO[C@@H](Cc1ccc(OC(C)(C)C)cc1)C(=O)O. The molecule has 4 heteroatoms. The monoisotopic (exact) mass is 266 g/mol. The number of carboxylic acids is 1. The highest BCUT2D eigenvalue weighted by molar-refractivity contribution is 5.72. The smallest absolute Gasteiger partial charge is 0.333 e. The van der Waals surface area contributed by atoms with Gasteiger partial charge >= 0.3 is 5.97 Å². The van der Waals surface area contributed by atoms with Crippen molar-refractivity contribution in [1.29, 1.82) is 0 Å². The molecule has 0 aliphatic rings. The van der Waals surface area contributed by atoms with Gasteiger partial charge in [0.1, 0.15) is 11.4 Å². The molecule has 0 aromatic heterocycles. The van der Waals surface area contributed by atoms with Crippen molar-refractivity contribution in [2.24, 2.45) is 0 Å². The number of rotatable bonds is 6. The third-order valence-electron chi connectivity index (χ3n) is 2.41. The largest absolute Gasteiger partial charge is 0.488 e. The van der Waals surface area contributed by atoms with E-state index in [1.807, 2.05) is 45.0 Å². The third kappa shape index (κ3) is 5.75. The van der Waals surface area contributed by atoms with Gasteiger partial charge < -0.3 is 14.6 Å². The van der Waals surface area contributed by atoms with Crippen LogP contribution in [-0.4, -0.2) is 29.4 Å². The Labute approximate surface area is 114 Å². The number of carboxylic acid groups (broad SMARTS) is 1. The predicted molar refractivity (Wildman–Crippen MR) is 73.6 cm³/mol. The van der Waals surface area contributed by atoms with Gasteiger partial charge in [0, 0.05) is 13.0 Å². The summed E-state index contributed by atoms with van der Waals surface area (Å²) in [6.07, 6.45) is -0.432. The van der Waals surface area contributed by atoms with Gasteiger partial charge in [-0.15, -0.1) is 0 Å². The molecule has 1 atom stereocenters. The Balaban J connectivity index is 2.68. The summed E-state index contributed by atoms with van der Waals surface area (Å²) in [5.74, 6) is -0.156. The summed E-state index contributed by atoms with van der Waals surface area (Å²) < 4.78 is 10.9. The van der Waals surface area contributed by atoms with Gasteiger partial charge in [-0.3, -0.25) is 0 Å². The van der Waals surface area contributed by atoms with Crippen LogP contribution >= 0.6 is 0 Å². The van der Waals surface area contributed by atoms with Crippen molar-refractivity contribution in [2.75, 3.05) is 6.61 Å². The van der Waals surface area contributed by atoms with Crippen molar-refractivity contribution in [3.63, 3.8) is 0 Å². The van der Waals surface area contributed by atoms with Crippen molar-refractivity contribution in [1.82, 2.24) is 0 Å². The van der Waals surface area contributed by atoms with Crippen molar-refractivity contribution < 1.29 is 19.4 Å². The molecule has 0 unspecified atom stereocenters. The average Bonchev–Trinajstić information content (AvgIpc) is 2.29. The fourth-order valence-electron chi connectivity index (χ4n) is 1.68. The fourth-order valence-corrected chi connectivity index (χ4v) is 1.68. The molecule has 1 N–H and O–H groups in total. The van der Waals surface area contributed by atoms with Crippen LogP contribution in [0.5, 0.6) is 5.75 Å². The minimum atomic E-state index is -0.933. The first-order valence-electron chi connectivity index (χ1n) is 6.44. The summed E-state index contributed by atoms with van der Waals surface area (Å²) >= 11 is 0. The minimum Gasteiger partial charge on any atom is -0.488 e. The zero-order valence-electron chi connectivity index (χ0n) is 12.0. The van der Waals surface area contributed by atoms with E-state index < -0.39 is 12.1 Å². The van der Waals surface area contributed by atoms with Crippen LogP contribution in [0.15, 0.2) is 24.3 Å². The molecule has 1 aromatic carbocycles. The third-order valence-corrected chi connectivity index (χ3v) is 2.41. The lowest BCUT2D eigenvalue weighted by Crippen LogP contribution is -2.26. The van der Waals surface area contributed by atoms with Crippen LogP contribution in [-0.2, 0) is 16.0 Å². The molecule has 0 spiro atoms. The molecule has 0 saturated heterocycles. The minimum absolute atomic E-state index is 0.240. The summed E-state index contributed by atoms with van der Waals surface area (Å²) in [7, 11) is 0. The highest BCUT2D eigenvalue weighted by Crippen LogP contribution is 2.19. The quantitative estimate of drug-likeness (QED) is 0.860. The summed E-state index contributed by atoms with van der Waals surface area (Å²) in [6, 6.07) is 7.45. The lowest BCUT2D eigenvalue weighted by atomic mass is 10.1. The van der Waals surface area contributed by atoms with E-state index in [1.54, 1.807) is 6.92 Å². The first kappa shape index (κ1) is 15.5. The average molecular weight is 266 g/mol. The molecule has 0 aliphatic carbocycles. The van der Waals surface area contributed by atoms with Crippen LogP contribution in [0.2, 0.25) is 0 Å². The zero-order chi connectivity index (χ0) is 14.5. The maximum Gasteiger partial charge on any atom is 0.333 e. The summed E-state index contributed by atoms with van der Waals surface area (Å²) in [6.45, 7) is 8.13. The summed E-state index contributed by atoms with van der Waals surface area (Å²) in [4.78, 5) is 11.0. The van der Waals surface area contributed by atoms with Crippen LogP contribution in [0.4, 0.5) is 0 Å². The Morgan fingerprint density at radius 1 is 1.26 bits per heavy atom. The molecule has 1 rings (SSSR count). The normalized spacial score (nSPS) is 13.1. The molecular weight excluding hydrogens is 244 g/mol. The maximum atomic E-state index is 11.0. The van der Waals surface area contributed by atoms with E-state index in [-0.39, 0.29) is 5.60 Å². The van der Waals surface area contributed by atoms with Gasteiger partial charge in [0.05, 0.1) is 0 Å². The molecular formula is C15H22O4. The molecule has 0 saturated carbocycles. The highest BCUT2D eigenvalue weighted by Gasteiger charge is 2.18. The lowest BCUT2D eigenvalue weighted by Gasteiger charge is -2.21. The topological polar surface area (TPSA) is 55.8 Å². The molecule has 0 heterocycles. The van der Waals surface area contributed by atoms with E-state index in [4.69, 9.17) is 14.6 Å². The molecule has 1 aromatic rings. The van der Waals surface area contributed by atoms with Crippen molar-refractivity contribution in [2.45, 2.75) is 45.8 Å². The van der Waals surface area contributed by atoms with Gasteiger partial charge in [-0.2, -0.15) is 0 Å². The van der Waals surface area contributed by atoms with E-state index in [1.165, 1.54) is 0 Å². The van der Waals surface area contributed by atoms with Crippen LogP contribution in [0.25, 0.3) is 0 Å². The van der Waals surface area contributed by atoms with Crippen LogP contribution in [0, 0.1) is 0 Å². The van der Waals surface area contributed by atoms with Crippen molar-refractivity contribution in [3.05, 3.63) is 29.8 Å². The number of aliphatic carboxylic acids is 1. The number of benzene rings is 1. The Bertz CT molecular complexity index is 403. The second-order valence-electron chi connectivity index (χ2n) is 5.34. The first-order valence-corrected chi connectivity index (χ1v) is 6.44. The lowest BCUT2D eigenvalue weighted by molar-refractivity contribution is -0.149. The second-order valence-corrected chi connectivity index (χ2v) is 5.34. The molecule has 106 valence electrons. The first-order chi connectivity index (χ1) is 8.81. The number of hydrogen-bond donors (Lipinski definition) is 1. The number of ether oxygens (including phenoxy) is 2. The molecule has 0 aliphatic heterocycles.